The molecule has 0 aromatic heterocycles. The van der Waals surface area contributed by atoms with Crippen LogP contribution in [0, 0.1) is 18.3 Å². The fourth-order valence-electron chi connectivity index (χ4n) is 1.54. The molecule has 0 atom stereocenters. The first-order valence-electron chi connectivity index (χ1n) is 5.98. The van der Waals surface area contributed by atoms with Gasteiger partial charge in [-0.1, -0.05) is 12.1 Å². The third-order valence-electron chi connectivity index (χ3n) is 2.44. The average Bonchev–Trinajstić information content (AvgIpc) is 2.39. The van der Waals surface area contributed by atoms with Crippen molar-refractivity contribution in [2.24, 2.45) is 0 Å². The lowest BCUT2D eigenvalue weighted by molar-refractivity contribution is 0.0804. The Labute approximate surface area is 108 Å². The van der Waals surface area contributed by atoms with Gasteiger partial charge in [0.25, 0.3) is 0 Å². The van der Waals surface area contributed by atoms with E-state index in [-0.39, 0.29) is 0 Å². The minimum atomic E-state index is 0.451. The van der Waals surface area contributed by atoms with Crippen LogP contribution in [0.1, 0.15) is 17.5 Å². The minimum absolute atomic E-state index is 0.451. The van der Waals surface area contributed by atoms with E-state index in [1.165, 1.54) is 0 Å². The van der Waals surface area contributed by atoms with Gasteiger partial charge in [0.05, 0.1) is 12.2 Å². The number of aryl methyl sites for hydroxylation is 1. The SMILES string of the molecule is COCCCOCCOc1c(C)cccc1C#N. The molecule has 0 heterocycles. The van der Waals surface area contributed by atoms with Crippen molar-refractivity contribution in [1.82, 2.24) is 0 Å². The molecule has 0 N–H and O–H groups in total. The summed E-state index contributed by atoms with van der Waals surface area (Å²) in [7, 11) is 1.67. The number of rotatable bonds is 8. The highest BCUT2D eigenvalue weighted by Gasteiger charge is 2.05. The molecule has 1 rings (SSSR count). The van der Waals surface area contributed by atoms with Crippen LogP contribution in [-0.4, -0.2) is 33.5 Å². The van der Waals surface area contributed by atoms with Gasteiger partial charge >= 0.3 is 0 Å². The molecule has 18 heavy (non-hydrogen) atoms. The van der Waals surface area contributed by atoms with Crippen molar-refractivity contribution in [3.63, 3.8) is 0 Å². The zero-order valence-corrected chi connectivity index (χ0v) is 10.9. The minimum Gasteiger partial charge on any atom is -0.490 e. The second-order valence-electron chi connectivity index (χ2n) is 3.87. The fourth-order valence-corrected chi connectivity index (χ4v) is 1.54. The van der Waals surface area contributed by atoms with Gasteiger partial charge in [-0.3, -0.25) is 0 Å². The van der Waals surface area contributed by atoms with Crippen LogP contribution in [0.2, 0.25) is 0 Å². The molecular weight excluding hydrogens is 230 g/mol. The molecule has 0 aliphatic rings. The summed E-state index contributed by atoms with van der Waals surface area (Å²) in [6, 6.07) is 7.65. The van der Waals surface area contributed by atoms with Gasteiger partial charge in [0.2, 0.25) is 0 Å². The van der Waals surface area contributed by atoms with Crippen LogP contribution in [0.25, 0.3) is 0 Å². The Morgan fingerprint density at radius 3 is 2.72 bits per heavy atom. The van der Waals surface area contributed by atoms with Crippen LogP contribution in [0.4, 0.5) is 0 Å². The van der Waals surface area contributed by atoms with E-state index in [4.69, 9.17) is 19.5 Å². The predicted octanol–water partition coefficient (Wildman–Crippen LogP) is 2.30. The first-order chi connectivity index (χ1) is 8.79. The molecule has 0 saturated carbocycles. The summed E-state index contributed by atoms with van der Waals surface area (Å²) >= 11 is 0. The van der Waals surface area contributed by atoms with Crippen molar-refractivity contribution < 1.29 is 14.2 Å². The molecule has 0 aliphatic heterocycles. The summed E-state index contributed by atoms with van der Waals surface area (Å²) in [5.41, 5.74) is 1.53. The van der Waals surface area contributed by atoms with Gasteiger partial charge < -0.3 is 14.2 Å². The summed E-state index contributed by atoms with van der Waals surface area (Å²) in [6.45, 7) is 4.26. The molecule has 98 valence electrons. The van der Waals surface area contributed by atoms with Crippen molar-refractivity contribution in [2.75, 3.05) is 33.5 Å². The Hall–Kier alpha value is -1.57. The Kier molecular flexibility index (Phi) is 6.85. The number of methoxy groups -OCH3 is 1. The van der Waals surface area contributed by atoms with Gasteiger partial charge in [-0.15, -0.1) is 0 Å². The molecular formula is C14H19NO3. The van der Waals surface area contributed by atoms with Crippen LogP contribution >= 0.6 is 0 Å². The van der Waals surface area contributed by atoms with Gasteiger partial charge in [-0.05, 0) is 25.0 Å². The highest BCUT2D eigenvalue weighted by Crippen LogP contribution is 2.22. The molecule has 0 saturated heterocycles. The highest BCUT2D eigenvalue weighted by molar-refractivity contribution is 5.47. The lowest BCUT2D eigenvalue weighted by Gasteiger charge is -2.10. The summed E-state index contributed by atoms with van der Waals surface area (Å²) < 4.78 is 15.9. The monoisotopic (exact) mass is 249 g/mol. The molecule has 1 aromatic rings. The van der Waals surface area contributed by atoms with E-state index in [1.807, 2.05) is 19.1 Å². The molecule has 0 amide bonds. The van der Waals surface area contributed by atoms with Crippen molar-refractivity contribution in [1.29, 1.82) is 5.26 Å². The van der Waals surface area contributed by atoms with E-state index in [9.17, 15) is 0 Å². The predicted molar refractivity (Wildman–Crippen MR) is 68.7 cm³/mol. The summed E-state index contributed by atoms with van der Waals surface area (Å²) in [4.78, 5) is 0. The Morgan fingerprint density at radius 2 is 2.00 bits per heavy atom. The number of benzene rings is 1. The Balaban J connectivity index is 2.29. The molecule has 4 heteroatoms. The topological polar surface area (TPSA) is 51.5 Å². The number of para-hydroxylation sites is 1. The summed E-state index contributed by atoms with van der Waals surface area (Å²) in [5, 5.41) is 8.97. The second-order valence-corrected chi connectivity index (χ2v) is 3.87. The Bertz CT molecular complexity index is 399. The number of hydrogen-bond donors (Lipinski definition) is 0. The maximum Gasteiger partial charge on any atom is 0.140 e. The quantitative estimate of drug-likeness (QED) is 0.663. The van der Waals surface area contributed by atoms with Crippen molar-refractivity contribution in [2.45, 2.75) is 13.3 Å². The lowest BCUT2D eigenvalue weighted by atomic mass is 10.1. The molecule has 1 aromatic carbocycles. The van der Waals surface area contributed by atoms with Gasteiger partial charge in [0.1, 0.15) is 18.4 Å². The van der Waals surface area contributed by atoms with Gasteiger partial charge in [0, 0.05) is 20.3 Å². The van der Waals surface area contributed by atoms with E-state index in [1.54, 1.807) is 13.2 Å². The van der Waals surface area contributed by atoms with E-state index >= 15 is 0 Å². The van der Waals surface area contributed by atoms with E-state index in [0.29, 0.717) is 37.7 Å². The van der Waals surface area contributed by atoms with Crippen LogP contribution in [0.3, 0.4) is 0 Å². The van der Waals surface area contributed by atoms with Crippen LogP contribution < -0.4 is 4.74 Å². The fraction of sp³-hybridized carbons (Fsp3) is 0.500. The first-order valence-corrected chi connectivity index (χ1v) is 5.98. The van der Waals surface area contributed by atoms with Crippen LogP contribution in [0.5, 0.6) is 5.75 Å². The van der Waals surface area contributed by atoms with Gasteiger partial charge in [-0.2, -0.15) is 5.26 Å². The Morgan fingerprint density at radius 1 is 1.17 bits per heavy atom. The number of nitriles is 1. The molecule has 0 spiro atoms. The molecule has 0 radical (unpaired) electrons. The normalized spacial score (nSPS) is 10.1. The summed E-state index contributed by atoms with van der Waals surface area (Å²) in [5.74, 6) is 0.653. The third kappa shape index (κ3) is 4.74. The highest BCUT2D eigenvalue weighted by atomic mass is 16.5. The zero-order valence-electron chi connectivity index (χ0n) is 10.9. The smallest absolute Gasteiger partial charge is 0.140 e. The van der Waals surface area contributed by atoms with Crippen molar-refractivity contribution in [3.05, 3.63) is 29.3 Å². The van der Waals surface area contributed by atoms with Crippen molar-refractivity contribution in [3.8, 4) is 11.8 Å². The molecule has 0 bridgehead atoms. The lowest BCUT2D eigenvalue weighted by Crippen LogP contribution is -2.09. The van der Waals surface area contributed by atoms with E-state index < -0.39 is 0 Å². The van der Waals surface area contributed by atoms with Gasteiger partial charge in [-0.25, -0.2) is 0 Å². The average molecular weight is 249 g/mol. The van der Waals surface area contributed by atoms with Crippen LogP contribution in [-0.2, 0) is 9.47 Å². The molecule has 0 fully saturated rings. The van der Waals surface area contributed by atoms with Gasteiger partial charge in [0.15, 0.2) is 0 Å². The standard InChI is InChI=1S/C14H19NO3/c1-12-5-3-6-13(11-15)14(12)18-10-9-17-8-4-7-16-2/h3,5-6H,4,7-10H2,1-2H3. The number of nitrogens with zero attached hydrogens (tertiary/aromatic N) is 1. The molecule has 0 aliphatic carbocycles. The van der Waals surface area contributed by atoms with Crippen molar-refractivity contribution >= 4 is 0 Å². The second kappa shape index (κ2) is 8.51. The maximum absolute atomic E-state index is 8.97. The molecule has 4 nitrogen and oxygen atoms in total. The van der Waals surface area contributed by atoms with E-state index in [2.05, 4.69) is 6.07 Å². The first kappa shape index (κ1) is 14.5. The zero-order chi connectivity index (χ0) is 13.2. The summed E-state index contributed by atoms with van der Waals surface area (Å²) in [6.07, 6.45) is 0.879. The van der Waals surface area contributed by atoms with E-state index in [0.717, 1.165) is 12.0 Å². The number of ether oxygens (including phenoxy) is 3. The largest absolute Gasteiger partial charge is 0.490 e. The maximum atomic E-state index is 8.97. The van der Waals surface area contributed by atoms with Crippen LogP contribution in [0.15, 0.2) is 18.2 Å². The molecule has 0 unspecified atom stereocenters. The number of hydrogen-bond acceptors (Lipinski definition) is 4. The third-order valence-corrected chi connectivity index (χ3v) is 2.44.